The summed E-state index contributed by atoms with van der Waals surface area (Å²) >= 11 is 7.61. The number of halogens is 1. The van der Waals surface area contributed by atoms with Gasteiger partial charge in [-0.3, -0.25) is 4.79 Å². The maximum atomic E-state index is 13.4. The Bertz CT molecular complexity index is 1430. The zero-order valence-electron chi connectivity index (χ0n) is 19.7. The molecule has 1 saturated carbocycles. The van der Waals surface area contributed by atoms with Crippen LogP contribution in [0.1, 0.15) is 45.1 Å². The van der Waals surface area contributed by atoms with Crippen molar-refractivity contribution >= 4 is 45.7 Å². The fraction of sp³-hybridized carbons (Fsp3) is 0.179. The number of benzene rings is 3. The first-order chi connectivity index (χ1) is 17.4. The summed E-state index contributed by atoms with van der Waals surface area (Å²) in [6, 6.07) is 22.3. The molecule has 1 aliphatic carbocycles. The minimum atomic E-state index is -0.665. The van der Waals surface area contributed by atoms with E-state index in [1.165, 1.54) is 10.5 Å². The van der Waals surface area contributed by atoms with E-state index < -0.39 is 6.03 Å². The third kappa shape index (κ3) is 4.98. The lowest BCUT2D eigenvalue weighted by Crippen LogP contribution is -2.32. The van der Waals surface area contributed by atoms with Gasteiger partial charge in [-0.05, 0) is 54.5 Å². The van der Waals surface area contributed by atoms with Crippen LogP contribution in [-0.4, -0.2) is 16.9 Å². The zero-order chi connectivity index (χ0) is 25.2. The number of carbonyl (C=O) groups is 2. The topological polar surface area (TPSA) is 88.3 Å². The number of hydrogen-bond acceptors (Lipinski definition) is 4. The molecule has 4 aromatic rings. The Labute approximate surface area is 218 Å². The van der Waals surface area contributed by atoms with Crippen molar-refractivity contribution in [3.05, 3.63) is 99.4 Å². The Hall–Kier alpha value is -3.68. The van der Waals surface area contributed by atoms with Gasteiger partial charge in [0.05, 0.1) is 16.4 Å². The molecular weight excluding hydrogens is 492 g/mol. The number of nitrogens with two attached hydrogens (primary N) is 1. The first-order valence-corrected chi connectivity index (χ1v) is 12.9. The van der Waals surface area contributed by atoms with Crippen molar-refractivity contribution in [2.24, 2.45) is 5.73 Å². The lowest BCUT2D eigenvalue weighted by molar-refractivity contribution is 0.0955. The smallest absolute Gasteiger partial charge is 0.325 e. The second kappa shape index (κ2) is 10.1. The van der Waals surface area contributed by atoms with E-state index in [2.05, 4.69) is 11.4 Å². The fourth-order valence-corrected chi connectivity index (χ4v) is 5.35. The average Bonchev–Trinajstić information content (AvgIpc) is 3.64. The van der Waals surface area contributed by atoms with Gasteiger partial charge in [0.2, 0.25) is 0 Å². The van der Waals surface area contributed by atoms with E-state index in [-0.39, 0.29) is 5.91 Å². The molecule has 8 heteroatoms. The predicted octanol–water partition coefficient (Wildman–Crippen LogP) is 6.80. The van der Waals surface area contributed by atoms with Gasteiger partial charge in [0.25, 0.3) is 5.91 Å². The van der Waals surface area contributed by atoms with Crippen LogP contribution in [0.2, 0.25) is 5.02 Å². The summed E-state index contributed by atoms with van der Waals surface area (Å²) < 4.78 is 0. The predicted molar refractivity (Wildman–Crippen MR) is 145 cm³/mol. The van der Waals surface area contributed by atoms with Gasteiger partial charge < -0.3 is 11.1 Å². The van der Waals surface area contributed by atoms with Crippen molar-refractivity contribution in [2.45, 2.75) is 32.2 Å². The molecule has 36 heavy (non-hydrogen) atoms. The van der Waals surface area contributed by atoms with Crippen molar-refractivity contribution in [2.75, 3.05) is 4.90 Å². The van der Waals surface area contributed by atoms with Crippen LogP contribution in [0.4, 0.5) is 15.6 Å². The molecule has 3 amide bonds. The number of hydrogen-bond donors (Lipinski definition) is 2. The molecule has 0 unspecified atom stereocenters. The average molecular weight is 517 g/mol. The minimum Gasteiger partial charge on any atom is -0.351 e. The van der Waals surface area contributed by atoms with Crippen LogP contribution in [0.5, 0.6) is 0 Å². The lowest BCUT2D eigenvalue weighted by atomic mass is 10.1. The fourth-order valence-electron chi connectivity index (χ4n) is 4.11. The van der Waals surface area contributed by atoms with Gasteiger partial charge in [0.1, 0.15) is 4.88 Å². The quantitative estimate of drug-likeness (QED) is 0.283. The third-order valence-corrected chi connectivity index (χ3v) is 7.55. The van der Waals surface area contributed by atoms with Gasteiger partial charge in [-0.15, -0.1) is 0 Å². The van der Waals surface area contributed by atoms with E-state index in [0.29, 0.717) is 44.4 Å². The van der Waals surface area contributed by atoms with Gasteiger partial charge in [0.15, 0.2) is 5.13 Å². The summed E-state index contributed by atoms with van der Waals surface area (Å²) in [5, 5.41) is 3.74. The lowest BCUT2D eigenvalue weighted by Gasteiger charge is -2.20. The summed E-state index contributed by atoms with van der Waals surface area (Å²) in [4.78, 5) is 32.6. The molecule has 5 rings (SSSR count). The van der Waals surface area contributed by atoms with E-state index in [9.17, 15) is 9.59 Å². The summed E-state index contributed by atoms with van der Waals surface area (Å²) in [6.45, 7) is 2.29. The van der Waals surface area contributed by atoms with Gasteiger partial charge in [-0.2, -0.15) is 0 Å². The van der Waals surface area contributed by atoms with Crippen molar-refractivity contribution < 1.29 is 9.59 Å². The number of primary amides is 1. The van der Waals surface area contributed by atoms with Crippen molar-refractivity contribution in [3.63, 3.8) is 0 Å². The molecule has 3 aromatic carbocycles. The number of aromatic nitrogens is 1. The van der Waals surface area contributed by atoms with Crippen LogP contribution in [-0.2, 0) is 6.54 Å². The van der Waals surface area contributed by atoms with Gasteiger partial charge in [-0.25, -0.2) is 14.7 Å². The van der Waals surface area contributed by atoms with E-state index in [1.54, 1.807) is 6.07 Å². The summed E-state index contributed by atoms with van der Waals surface area (Å²) in [7, 11) is 0. The first kappa shape index (κ1) is 24.0. The molecule has 1 aromatic heterocycles. The number of amides is 3. The van der Waals surface area contributed by atoms with Gasteiger partial charge in [0, 0.05) is 12.1 Å². The van der Waals surface area contributed by atoms with E-state index >= 15 is 0 Å². The monoisotopic (exact) mass is 516 g/mol. The van der Waals surface area contributed by atoms with Gasteiger partial charge >= 0.3 is 6.03 Å². The van der Waals surface area contributed by atoms with E-state index in [0.717, 1.165) is 35.3 Å². The number of nitrogens with zero attached hydrogens (tertiary/aromatic N) is 2. The number of aryl methyl sites for hydroxylation is 1. The molecule has 1 aliphatic rings. The molecule has 0 atom stereocenters. The van der Waals surface area contributed by atoms with Crippen LogP contribution in [0.15, 0.2) is 72.8 Å². The minimum absolute atomic E-state index is 0.301. The molecule has 1 heterocycles. The number of urea groups is 1. The van der Waals surface area contributed by atoms with Crippen LogP contribution >= 0.6 is 22.9 Å². The Kier molecular flexibility index (Phi) is 6.76. The molecule has 0 aliphatic heterocycles. The highest BCUT2D eigenvalue weighted by atomic mass is 35.5. The molecule has 0 spiro atoms. The molecule has 6 nitrogen and oxygen atoms in total. The Morgan fingerprint density at radius 3 is 2.50 bits per heavy atom. The van der Waals surface area contributed by atoms with E-state index in [4.69, 9.17) is 22.3 Å². The highest BCUT2D eigenvalue weighted by Gasteiger charge is 2.29. The second-order valence-corrected chi connectivity index (χ2v) is 10.2. The first-order valence-electron chi connectivity index (χ1n) is 11.7. The second-order valence-electron chi connectivity index (χ2n) is 8.82. The summed E-state index contributed by atoms with van der Waals surface area (Å²) in [5.74, 6) is 0.207. The molecule has 182 valence electrons. The highest BCUT2D eigenvalue weighted by molar-refractivity contribution is 7.18. The number of nitrogens with one attached hydrogen (secondary N) is 1. The van der Waals surface area contributed by atoms with E-state index in [1.807, 2.05) is 67.6 Å². The normalized spacial score (nSPS) is 12.8. The Balaban J connectivity index is 1.57. The summed E-state index contributed by atoms with van der Waals surface area (Å²) in [6.07, 6.45) is 2.28. The highest BCUT2D eigenvalue weighted by Crippen LogP contribution is 2.44. The Morgan fingerprint density at radius 1 is 1.08 bits per heavy atom. The number of carbonyl (C=O) groups excluding carboxylic acids is 2. The maximum absolute atomic E-state index is 13.4. The van der Waals surface area contributed by atoms with Crippen LogP contribution in [0, 0.1) is 6.92 Å². The van der Waals surface area contributed by atoms with Crippen molar-refractivity contribution in [3.8, 4) is 11.3 Å². The van der Waals surface area contributed by atoms with Gasteiger partial charge in [-0.1, -0.05) is 83.6 Å². The number of thiazole rings is 1. The molecule has 1 fully saturated rings. The third-order valence-electron chi connectivity index (χ3n) is 6.18. The molecule has 3 N–H and O–H groups in total. The molecule has 0 saturated heterocycles. The van der Waals surface area contributed by atoms with Crippen LogP contribution in [0.3, 0.4) is 0 Å². The van der Waals surface area contributed by atoms with Crippen LogP contribution < -0.4 is 16.0 Å². The Morgan fingerprint density at radius 2 is 1.81 bits per heavy atom. The van der Waals surface area contributed by atoms with Crippen molar-refractivity contribution in [1.29, 1.82) is 0 Å². The largest absolute Gasteiger partial charge is 0.351 e. The standard InChI is InChI=1S/C28H25ClN4O2S/c1-17-11-12-20(19-13-14-19)15-23(17)33(27(30)35)28-32-24(21-9-5-6-10-22(21)29)25(36-28)26(34)31-16-18-7-3-2-4-8-18/h2-12,15,19H,13-14,16H2,1H3,(H2,30,35)(H,31,34). The van der Waals surface area contributed by atoms with Crippen molar-refractivity contribution in [1.82, 2.24) is 10.3 Å². The molecule has 0 bridgehead atoms. The number of rotatable bonds is 7. The van der Waals surface area contributed by atoms with Crippen LogP contribution in [0.25, 0.3) is 11.3 Å². The zero-order valence-corrected chi connectivity index (χ0v) is 21.3. The molecule has 0 radical (unpaired) electrons. The maximum Gasteiger partial charge on any atom is 0.325 e. The molecular formula is C28H25ClN4O2S. The summed E-state index contributed by atoms with van der Waals surface area (Å²) in [5.41, 5.74) is 10.6. The SMILES string of the molecule is Cc1ccc(C2CC2)cc1N(C(N)=O)c1nc(-c2ccccc2Cl)c(C(=O)NCc2ccccc2)s1. The number of anilines is 2.